The first-order valence-corrected chi connectivity index (χ1v) is 10.2. The number of aliphatic hydroxyl groups excluding tert-OH is 1. The molecule has 148 valence electrons. The monoisotopic (exact) mass is 385 g/mol. The van der Waals surface area contributed by atoms with Crippen molar-refractivity contribution in [2.45, 2.75) is 19.3 Å². The quantitative estimate of drug-likeness (QED) is 0.627. The lowest BCUT2D eigenvalue weighted by Crippen LogP contribution is -2.28. The van der Waals surface area contributed by atoms with E-state index in [9.17, 15) is 5.11 Å². The van der Waals surface area contributed by atoms with Gasteiger partial charge < -0.3 is 10.0 Å². The Labute approximate surface area is 173 Å². The summed E-state index contributed by atoms with van der Waals surface area (Å²) in [6.45, 7) is 5.24. The fourth-order valence-electron chi connectivity index (χ4n) is 4.49. The number of para-hydroxylation sites is 1. The van der Waals surface area contributed by atoms with E-state index in [-0.39, 0.29) is 12.0 Å². The summed E-state index contributed by atoms with van der Waals surface area (Å²) in [5.41, 5.74) is 6.03. The molecule has 3 aromatic carbocycles. The summed E-state index contributed by atoms with van der Waals surface area (Å²) >= 11 is 0. The van der Waals surface area contributed by atoms with E-state index in [0.717, 1.165) is 0 Å². The molecule has 0 amide bonds. The minimum atomic E-state index is -0.109. The molecule has 0 radical (unpaired) electrons. The molecule has 3 heteroatoms. The van der Waals surface area contributed by atoms with Gasteiger partial charge in [-0.15, -0.1) is 0 Å². The third kappa shape index (κ3) is 3.26. The van der Waals surface area contributed by atoms with Gasteiger partial charge >= 0.3 is 0 Å². The van der Waals surface area contributed by atoms with Gasteiger partial charge in [-0.2, -0.15) is 4.58 Å². The zero-order valence-corrected chi connectivity index (χ0v) is 17.7. The van der Waals surface area contributed by atoms with E-state index >= 15 is 0 Å². The second-order valence-electron chi connectivity index (χ2n) is 8.35. The van der Waals surface area contributed by atoms with Crippen molar-refractivity contribution in [1.29, 1.82) is 0 Å². The second-order valence-corrected chi connectivity index (χ2v) is 8.35. The maximum absolute atomic E-state index is 9.67. The molecular formula is C26H29N2O+. The molecule has 3 aromatic rings. The first-order chi connectivity index (χ1) is 13.9. The molecule has 0 saturated carbocycles. The predicted octanol–water partition coefficient (Wildman–Crippen LogP) is 4.99. The summed E-state index contributed by atoms with van der Waals surface area (Å²) in [6, 6.07) is 21.5. The van der Waals surface area contributed by atoms with Crippen molar-refractivity contribution < 1.29 is 9.68 Å². The zero-order valence-electron chi connectivity index (χ0n) is 17.7. The Kier molecular flexibility index (Phi) is 5.01. The molecule has 1 aliphatic rings. The van der Waals surface area contributed by atoms with Crippen molar-refractivity contribution in [1.82, 2.24) is 0 Å². The Hall–Kier alpha value is -2.91. The number of rotatable bonds is 5. The summed E-state index contributed by atoms with van der Waals surface area (Å²) in [5.74, 6) is 0. The standard InChI is InChI=1S/C26H29N2O/c1-26(2)22-11-7-8-12-24(22)28(17-18-29)25(26)16-14-19-13-15-23(27(3)4)21-10-6-5-9-20(19)21/h5-16,29H,17-18H2,1-4H3/q+1. The average Bonchev–Trinajstić information content (AvgIpc) is 2.93. The summed E-state index contributed by atoms with van der Waals surface area (Å²) < 4.78 is 2.25. The minimum Gasteiger partial charge on any atom is -0.390 e. The minimum absolute atomic E-state index is 0.109. The van der Waals surface area contributed by atoms with Gasteiger partial charge in [0.25, 0.3) is 0 Å². The molecule has 4 rings (SSSR count). The van der Waals surface area contributed by atoms with Crippen LogP contribution in [0.15, 0.2) is 66.7 Å². The lowest BCUT2D eigenvalue weighted by molar-refractivity contribution is -0.440. The highest BCUT2D eigenvalue weighted by Crippen LogP contribution is 2.40. The maximum atomic E-state index is 9.67. The molecule has 29 heavy (non-hydrogen) atoms. The number of hydrogen-bond donors (Lipinski definition) is 1. The fourth-order valence-corrected chi connectivity index (χ4v) is 4.49. The van der Waals surface area contributed by atoms with Crippen molar-refractivity contribution in [3.63, 3.8) is 0 Å². The Morgan fingerprint density at radius 1 is 0.897 bits per heavy atom. The molecule has 1 aliphatic heterocycles. The van der Waals surface area contributed by atoms with E-state index in [0.29, 0.717) is 6.54 Å². The molecule has 0 unspecified atom stereocenters. The SMILES string of the molecule is CN(C)c1ccc(/C=C/C2=[N+](CCO)c3ccccc3C2(C)C)c2ccccc12. The Morgan fingerprint density at radius 2 is 1.59 bits per heavy atom. The number of β-amino-alcohol motifs (C(OH)–C–C–N with tert-alkyl or cyclic N) is 1. The van der Waals surface area contributed by atoms with Crippen LogP contribution in [0.4, 0.5) is 11.4 Å². The lowest BCUT2D eigenvalue weighted by Gasteiger charge is -2.17. The van der Waals surface area contributed by atoms with E-state index in [2.05, 4.69) is 110 Å². The van der Waals surface area contributed by atoms with Crippen LogP contribution < -0.4 is 4.90 Å². The van der Waals surface area contributed by atoms with Gasteiger partial charge in [0, 0.05) is 42.9 Å². The number of allylic oxidation sites excluding steroid dienone is 1. The number of fused-ring (bicyclic) bond motifs is 2. The van der Waals surface area contributed by atoms with Gasteiger partial charge in [-0.3, -0.25) is 0 Å². The zero-order chi connectivity index (χ0) is 20.6. The molecule has 0 atom stereocenters. The molecular weight excluding hydrogens is 356 g/mol. The van der Waals surface area contributed by atoms with Gasteiger partial charge in [0.2, 0.25) is 5.69 Å². The van der Waals surface area contributed by atoms with Crippen molar-refractivity contribution in [3.8, 4) is 0 Å². The number of aliphatic hydroxyl groups is 1. The van der Waals surface area contributed by atoms with Crippen molar-refractivity contribution >= 4 is 33.9 Å². The van der Waals surface area contributed by atoms with Gasteiger partial charge in [-0.1, -0.05) is 48.5 Å². The highest BCUT2D eigenvalue weighted by atomic mass is 16.3. The summed E-state index contributed by atoms with van der Waals surface area (Å²) in [7, 11) is 4.16. The van der Waals surface area contributed by atoms with E-state index < -0.39 is 0 Å². The van der Waals surface area contributed by atoms with E-state index in [1.165, 1.54) is 39.0 Å². The highest BCUT2D eigenvalue weighted by Gasteiger charge is 2.43. The molecule has 0 fully saturated rings. The van der Waals surface area contributed by atoms with E-state index in [1.54, 1.807) is 0 Å². The van der Waals surface area contributed by atoms with Crippen LogP contribution in [0, 0.1) is 0 Å². The van der Waals surface area contributed by atoms with Gasteiger partial charge in [0.1, 0.15) is 6.61 Å². The van der Waals surface area contributed by atoms with Crippen LogP contribution in [0.2, 0.25) is 0 Å². The number of benzene rings is 3. The third-order valence-electron chi connectivity index (χ3n) is 5.96. The molecule has 0 aliphatic carbocycles. The Morgan fingerprint density at radius 3 is 2.31 bits per heavy atom. The van der Waals surface area contributed by atoms with Gasteiger partial charge in [-0.05, 0) is 36.9 Å². The fraction of sp³-hybridized carbons (Fsp3) is 0.269. The second kappa shape index (κ2) is 7.49. The van der Waals surface area contributed by atoms with Crippen LogP contribution >= 0.6 is 0 Å². The first kappa shape index (κ1) is 19.4. The smallest absolute Gasteiger partial charge is 0.209 e. The van der Waals surface area contributed by atoms with Crippen molar-refractivity contribution in [2.75, 3.05) is 32.1 Å². The molecule has 0 bridgehead atoms. The normalized spacial score (nSPS) is 15.3. The number of anilines is 1. The number of nitrogens with zero attached hydrogens (tertiary/aromatic N) is 2. The van der Waals surface area contributed by atoms with Crippen LogP contribution in [0.3, 0.4) is 0 Å². The Balaban J connectivity index is 1.84. The molecule has 0 aromatic heterocycles. The van der Waals surface area contributed by atoms with Crippen LogP contribution in [-0.2, 0) is 5.41 Å². The predicted molar refractivity (Wildman–Crippen MR) is 124 cm³/mol. The average molecular weight is 386 g/mol. The van der Waals surface area contributed by atoms with E-state index in [1.807, 2.05) is 0 Å². The summed E-state index contributed by atoms with van der Waals surface area (Å²) in [6.07, 6.45) is 4.45. The molecule has 0 spiro atoms. The largest absolute Gasteiger partial charge is 0.390 e. The van der Waals surface area contributed by atoms with Crippen LogP contribution in [0.25, 0.3) is 16.8 Å². The van der Waals surface area contributed by atoms with Gasteiger partial charge in [0.05, 0.1) is 5.41 Å². The van der Waals surface area contributed by atoms with Gasteiger partial charge in [0.15, 0.2) is 12.3 Å². The van der Waals surface area contributed by atoms with Gasteiger partial charge in [-0.25, -0.2) is 0 Å². The van der Waals surface area contributed by atoms with Crippen LogP contribution in [0.5, 0.6) is 0 Å². The highest BCUT2D eigenvalue weighted by molar-refractivity contribution is 6.07. The van der Waals surface area contributed by atoms with Crippen LogP contribution in [-0.4, -0.2) is 42.6 Å². The maximum Gasteiger partial charge on any atom is 0.209 e. The summed E-state index contributed by atoms with van der Waals surface area (Å²) in [4.78, 5) is 2.16. The molecule has 0 saturated heterocycles. The van der Waals surface area contributed by atoms with Crippen molar-refractivity contribution in [2.24, 2.45) is 0 Å². The molecule has 1 heterocycles. The van der Waals surface area contributed by atoms with Crippen molar-refractivity contribution in [3.05, 3.63) is 77.9 Å². The van der Waals surface area contributed by atoms with E-state index in [4.69, 9.17) is 0 Å². The topological polar surface area (TPSA) is 26.5 Å². The molecule has 3 nitrogen and oxygen atoms in total. The summed E-state index contributed by atoms with van der Waals surface area (Å²) in [5, 5.41) is 12.2. The Bertz CT molecular complexity index is 1120. The number of hydrogen-bond acceptors (Lipinski definition) is 2. The molecule has 1 N–H and O–H groups in total. The lowest BCUT2D eigenvalue weighted by atomic mass is 9.81. The van der Waals surface area contributed by atoms with Crippen LogP contribution in [0.1, 0.15) is 25.0 Å². The first-order valence-electron chi connectivity index (χ1n) is 10.2. The third-order valence-corrected chi connectivity index (χ3v) is 5.96.